The van der Waals surface area contributed by atoms with Gasteiger partial charge >= 0.3 is 6.01 Å². The Bertz CT molecular complexity index is 820. The molecule has 0 atom stereocenters. The summed E-state index contributed by atoms with van der Waals surface area (Å²) in [7, 11) is 0. The minimum absolute atomic E-state index is 0.126. The molecule has 0 radical (unpaired) electrons. The van der Waals surface area contributed by atoms with Crippen LogP contribution in [0.5, 0.6) is 0 Å². The van der Waals surface area contributed by atoms with Crippen molar-refractivity contribution in [3.63, 3.8) is 0 Å². The molecule has 3 aromatic rings. The molecule has 0 amide bonds. The van der Waals surface area contributed by atoms with Gasteiger partial charge in [-0.1, -0.05) is 28.8 Å². The third-order valence-electron chi connectivity index (χ3n) is 2.93. The van der Waals surface area contributed by atoms with Gasteiger partial charge in [0.25, 0.3) is 5.89 Å². The van der Waals surface area contributed by atoms with Crippen molar-refractivity contribution in [3.05, 3.63) is 35.5 Å². The Hall–Kier alpha value is -2.87. The number of para-hydroxylation sites is 1. The Morgan fingerprint density at radius 1 is 1.26 bits per heavy atom. The van der Waals surface area contributed by atoms with Crippen LogP contribution < -0.4 is 16.4 Å². The van der Waals surface area contributed by atoms with Crippen molar-refractivity contribution < 1.29 is 4.42 Å². The monoisotopic (exact) mass is 331 g/mol. The predicted octanol–water partition coefficient (Wildman–Crippen LogP) is 2.94. The molecule has 0 fully saturated rings. The van der Waals surface area contributed by atoms with Crippen molar-refractivity contribution in [2.75, 3.05) is 22.9 Å². The van der Waals surface area contributed by atoms with Gasteiger partial charge in [0, 0.05) is 6.54 Å². The van der Waals surface area contributed by atoms with Crippen LogP contribution in [0, 0.1) is 0 Å². The number of hydrogen-bond donors (Lipinski definition) is 3. The minimum Gasteiger partial charge on any atom is -0.403 e. The topological polar surface area (TPSA) is 115 Å². The number of nitrogens with one attached hydrogen (secondary N) is 2. The van der Waals surface area contributed by atoms with Crippen LogP contribution in [0.4, 0.5) is 23.5 Å². The summed E-state index contributed by atoms with van der Waals surface area (Å²) in [5, 5.41) is 14.4. The molecule has 9 heteroatoms. The normalized spacial score (nSPS) is 10.5. The van der Waals surface area contributed by atoms with Gasteiger partial charge in [0.15, 0.2) is 5.82 Å². The van der Waals surface area contributed by atoms with E-state index >= 15 is 0 Å². The average molecular weight is 332 g/mol. The van der Waals surface area contributed by atoms with Crippen LogP contribution >= 0.6 is 11.6 Å². The van der Waals surface area contributed by atoms with E-state index in [0.29, 0.717) is 35.0 Å². The maximum absolute atomic E-state index is 6.09. The quantitative estimate of drug-likeness (QED) is 0.653. The number of nitrogens with zero attached hydrogens (tertiary/aromatic N) is 4. The highest BCUT2D eigenvalue weighted by Gasteiger charge is 2.14. The second kappa shape index (κ2) is 6.49. The molecule has 2 aromatic heterocycles. The van der Waals surface area contributed by atoms with E-state index in [1.54, 1.807) is 0 Å². The molecule has 118 valence electrons. The molecule has 0 aliphatic carbocycles. The van der Waals surface area contributed by atoms with Crippen LogP contribution in [-0.2, 0) is 0 Å². The van der Waals surface area contributed by atoms with Gasteiger partial charge in [-0.2, -0.15) is 4.98 Å². The molecular weight excluding hydrogens is 318 g/mol. The third kappa shape index (κ3) is 3.32. The molecule has 0 spiro atoms. The highest BCUT2D eigenvalue weighted by molar-refractivity contribution is 6.32. The molecule has 4 N–H and O–H groups in total. The van der Waals surface area contributed by atoms with E-state index in [4.69, 9.17) is 21.8 Å². The predicted molar refractivity (Wildman–Crippen MR) is 88.6 cm³/mol. The molecule has 23 heavy (non-hydrogen) atoms. The maximum atomic E-state index is 6.09. The zero-order chi connectivity index (χ0) is 16.2. The van der Waals surface area contributed by atoms with Crippen LogP contribution in [0.2, 0.25) is 5.02 Å². The number of halogens is 1. The highest BCUT2D eigenvalue weighted by Crippen LogP contribution is 2.31. The van der Waals surface area contributed by atoms with E-state index in [9.17, 15) is 0 Å². The summed E-state index contributed by atoms with van der Waals surface area (Å²) in [6.07, 6.45) is 1.44. The number of rotatable bonds is 5. The first-order valence-corrected chi connectivity index (χ1v) is 7.27. The fourth-order valence-corrected chi connectivity index (χ4v) is 2.07. The fraction of sp³-hybridized carbons (Fsp3) is 0.143. The van der Waals surface area contributed by atoms with Gasteiger partial charge in [-0.25, -0.2) is 4.98 Å². The number of hydrogen-bond acceptors (Lipinski definition) is 8. The van der Waals surface area contributed by atoms with E-state index in [1.807, 2.05) is 31.2 Å². The van der Waals surface area contributed by atoms with Gasteiger partial charge in [0.05, 0.1) is 17.4 Å². The Morgan fingerprint density at radius 2 is 2.09 bits per heavy atom. The summed E-state index contributed by atoms with van der Waals surface area (Å²) in [5.74, 6) is 0.904. The molecule has 0 saturated heterocycles. The Balaban J connectivity index is 1.95. The van der Waals surface area contributed by atoms with Crippen LogP contribution in [0.3, 0.4) is 0 Å². The molecule has 0 aliphatic heterocycles. The number of aromatic nitrogens is 4. The first-order chi connectivity index (χ1) is 11.2. The lowest BCUT2D eigenvalue weighted by atomic mass is 10.2. The summed E-state index contributed by atoms with van der Waals surface area (Å²) in [4.78, 5) is 7.91. The number of nitrogens with two attached hydrogens (primary N) is 1. The molecule has 3 rings (SSSR count). The van der Waals surface area contributed by atoms with Crippen molar-refractivity contribution in [1.82, 2.24) is 20.2 Å². The van der Waals surface area contributed by atoms with Gasteiger partial charge in [-0.3, -0.25) is 0 Å². The van der Waals surface area contributed by atoms with Crippen molar-refractivity contribution in [2.24, 2.45) is 0 Å². The molecule has 8 nitrogen and oxygen atoms in total. The van der Waals surface area contributed by atoms with Crippen molar-refractivity contribution in [1.29, 1.82) is 0 Å². The summed E-state index contributed by atoms with van der Waals surface area (Å²) in [6.45, 7) is 2.64. The Kier molecular flexibility index (Phi) is 4.24. The van der Waals surface area contributed by atoms with Gasteiger partial charge in [-0.05, 0) is 19.1 Å². The highest BCUT2D eigenvalue weighted by atomic mass is 35.5. The summed E-state index contributed by atoms with van der Waals surface area (Å²) >= 11 is 6.09. The maximum Gasteiger partial charge on any atom is 0.315 e. The van der Waals surface area contributed by atoms with Gasteiger partial charge in [-0.15, -0.1) is 5.10 Å². The summed E-state index contributed by atoms with van der Waals surface area (Å²) < 4.78 is 5.58. The van der Waals surface area contributed by atoms with Crippen molar-refractivity contribution >= 4 is 35.1 Å². The van der Waals surface area contributed by atoms with Crippen LogP contribution in [0.25, 0.3) is 11.5 Å². The molecular formula is C14H14ClN7O. The zero-order valence-corrected chi connectivity index (χ0v) is 13.0. The molecule has 0 bridgehead atoms. The molecule has 0 aliphatic rings. The molecule has 0 unspecified atom stereocenters. The van der Waals surface area contributed by atoms with Gasteiger partial charge < -0.3 is 20.8 Å². The number of benzene rings is 1. The van der Waals surface area contributed by atoms with E-state index in [2.05, 4.69) is 30.8 Å². The standard InChI is InChI=1S/C14H14ClN7O/c1-2-17-14-22-21-12(23-14)8-5-3-4-6-10(8)19-11-9(15)7-18-13(16)20-11/h3-7H,2H2,1H3,(H,17,22)(H3,16,18,19,20). The minimum atomic E-state index is 0.126. The zero-order valence-electron chi connectivity index (χ0n) is 12.2. The van der Waals surface area contributed by atoms with Gasteiger partial charge in [0.1, 0.15) is 5.02 Å². The summed E-state index contributed by atoms with van der Waals surface area (Å²) in [5.41, 5.74) is 7.02. The van der Waals surface area contributed by atoms with Gasteiger partial charge in [0.2, 0.25) is 5.95 Å². The third-order valence-corrected chi connectivity index (χ3v) is 3.20. The lowest BCUT2D eigenvalue weighted by molar-refractivity contribution is 0.582. The lowest BCUT2D eigenvalue weighted by Crippen LogP contribution is -2.01. The first kappa shape index (κ1) is 15.0. The molecule has 0 saturated carbocycles. The van der Waals surface area contributed by atoms with E-state index in [1.165, 1.54) is 6.20 Å². The average Bonchev–Trinajstić information content (AvgIpc) is 3.00. The molecule has 1 aromatic carbocycles. The Morgan fingerprint density at radius 3 is 2.91 bits per heavy atom. The van der Waals surface area contributed by atoms with Crippen LogP contribution in [0.15, 0.2) is 34.9 Å². The first-order valence-electron chi connectivity index (χ1n) is 6.89. The molecule has 2 heterocycles. The largest absolute Gasteiger partial charge is 0.403 e. The fourth-order valence-electron chi connectivity index (χ4n) is 1.93. The smallest absolute Gasteiger partial charge is 0.315 e. The lowest BCUT2D eigenvalue weighted by Gasteiger charge is -2.10. The number of nitrogen functional groups attached to an aromatic ring is 1. The van der Waals surface area contributed by atoms with E-state index < -0.39 is 0 Å². The second-order valence-corrected chi connectivity index (χ2v) is 4.95. The Labute approximate surface area is 137 Å². The van der Waals surface area contributed by atoms with E-state index in [-0.39, 0.29) is 5.95 Å². The SMILES string of the molecule is CCNc1nnc(-c2ccccc2Nc2nc(N)ncc2Cl)o1. The van der Waals surface area contributed by atoms with Crippen molar-refractivity contribution in [3.8, 4) is 11.5 Å². The van der Waals surface area contributed by atoms with Crippen LogP contribution in [0.1, 0.15) is 6.92 Å². The van der Waals surface area contributed by atoms with Crippen molar-refractivity contribution in [2.45, 2.75) is 6.92 Å². The van der Waals surface area contributed by atoms with E-state index in [0.717, 1.165) is 5.56 Å². The van der Waals surface area contributed by atoms with Crippen LogP contribution in [-0.4, -0.2) is 26.7 Å². The number of anilines is 4. The second-order valence-electron chi connectivity index (χ2n) is 4.54. The summed E-state index contributed by atoms with van der Waals surface area (Å²) in [6, 6.07) is 7.80.